The fourth-order valence-electron chi connectivity index (χ4n) is 0.297. The summed E-state index contributed by atoms with van der Waals surface area (Å²) in [7, 11) is -4.93. The van der Waals surface area contributed by atoms with Gasteiger partial charge < -0.3 is 11.1 Å². The van der Waals surface area contributed by atoms with Crippen molar-refractivity contribution in [1.29, 1.82) is 0 Å². The summed E-state index contributed by atoms with van der Waals surface area (Å²) in [6.45, 7) is 0.959. The van der Waals surface area contributed by atoms with Crippen LogP contribution < -0.4 is 18.9 Å². The summed E-state index contributed by atoms with van der Waals surface area (Å²) in [5, 5.41) is 8.20. The largest absolute Gasteiger partial charge is 1.00 e. The first kappa shape index (κ1) is 15.2. The van der Waals surface area contributed by atoms with Crippen molar-refractivity contribution >= 4 is 19.8 Å². The van der Waals surface area contributed by atoms with Gasteiger partial charge in [-0.05, 0) is 6.92 Å². The van der Waals surface area contributed by atoms with Crippen LogP contribution in [0.15, 0.2) is 0 Å². The Hall–Kier alpha value is -0.313. The molecule has 0 aliphatic rings. The average Bonchev–Trinajstić information content (AvgIpc) is 1.82. The second kappa shape index (κ2) is 5.42. The van der Waals surface area contributed by atoms with Crippen LogP contribution >= 0.6 is 7.82 Å². The van der Waals surface area contributed by atoms with E-state index < -0.39 is 25.7 Å². The van der Waals surface area contributed by atoms with Gasteiger partial charge in [-0.15, -0.1) is 0 Å². The molecule has 13 heavy (non-hydrogen) atoms. The van der Waals surface area contributed by atoms with Crippen molar-refractivity contribution in [2.24, 2.45) is 5.92 Å². The molecule has 0 saturated carbocycles. The zero-order valence-corrected chi connectivity index (χ0v) is 7.89. The molecule has 3 N–H and O–H groups in total. The number of carboxylic acids is 1. The summed E-state index contributed by atoms with van der Waals surface area (Å²) in [5.74, 6) is -4.55. The number of aliphatic carboxylic acids is 1. The predicted octanol–water partition coefficient (Wildman–Crippen LogP) is -3.54. The van der Waals surface area contributed by atoms with Crippen LogP contribution in [0, 0.1) is 5.92 Å². The van der Waals surface area contributed by atoms with Gasteiger partial charge in [0.05, 0.1) is 0 Å². The number of carboxylic acid groups (broad SMARTS) is 1. The number of phosphoric ester groups is 1. The van der Waals surface area contributed by atoms with Crippen molar-refractivity contribution in [3.8, 4) is 0 Å². The molecule has 0 aromatic rings. The van der Waals surface area contributed by atoms with Crippen molar-refractivity contribution in [1.82, 2.24) is 0 Å². The third-order valence-electron chi connectivity index (χ3n) is 0.933. The minimum Gasteiger partial charge on any atom is -1.00 e. The summed E-state index contributed by atoms with van der Waals surface area (Å²) in [5.41, 5.74) is 0. The summed E-state index contributed by atoms with van der Waals surface area (Å²) in [6.07, 6.45) is 0. The van der Waals surface area contributed by atoms with Crippen molar-refractivity contribution in [3.63, 3.8) is 0 Å². The number of phosphoric acid groups is 1. The molecular formula is C4H8LiO7P. The Morgan fingerprint density at radius 3 is 2.08 bits per heavy atom. The average molecular weight is 206 g/mol. The maximum atomic E-state index is 10.5. The molecule has 0 fully saturated rings. The second-order valence-electron chi connectivity index (χ2n) is 1.96. The predicted molar refractivity (Wildman–Crippen MR) is 36.0 cm³/mol. The maximum absolute atomic E-state index is 10.5. The Kier molecular flexibility index (Phi) is 6.33. The van der Waals surface area contributed by atoms with Crippen LogP contribution in [0.1, 0.15) is 8.35 Å². The van der Waals surface area contributed by atoms with Gasteiger partial charge in [0.15, 0.2) is 5.92 Å². The van der Waals surface area contributed by atoms with Gasteiger partial charge in [-0.3, -0.25) is 19.4 Å². The van der Waals surface area contributed by atoms with E-state index in [1.165, 1.54) is 0 Å². The van der Waals surface area contributed by atoms with E-state index in [2.05, 4.69) is 4.52 Å². The Bertz CT molecular complexity index is 250. The first-order chi connectivity index (χ1) is 5.24. The number of hydrogen-bond acceptors (Lipinski definition) is 4. The molecule has 1 unspecified atom stereocenters. The van der Waals surface area contributed by atoms with E-state index in [0.717, 1.165) is 6.92 Å². The standard InChI is InChI=1S/C4H7O7P.Li.H/c1-2(3(5)6)4(7)11-12(8,9)10;;/h2H,1H3,(H,5,6)(H2,8,9,10);;/q;+1;-1. The SMILES string of the molecule is CC(C(=O)O)C(=O)OP(=O)(O)O.[H-].[Li+]. The summed E-state index contributed by atoms with van der Waals surface area (Å²) < 4.78 is 13.5. The van der Waals surface area contributed by atoms with Crippen LogP contribution in [0.25, 0.3) is 0 Å². The molecule has 0 radical (unpaired) electrons. The normalized spacial score (nSPS) is 12.5. The van der Waals surface area contributed by atoms with Crippen LogP contribution in [0.2, 0.25) is 0 Å². The van der Waals surface area contributed by atoms with Gasteiger partial charge in [0.2, 0.25) is 0 Å². The van der Waals surface area contributed by atoms with E-state index in [4.69, 9.17) is 14.9 Å². The first-order valence-electron chi connectivity index (χ1n) is 2.76. The minimum atomic E-state index is -4.93. The van der Waals surface area contributed by atoms with Crippen molar-refractivity contribution in [2.45, 2.75) is 6.92 Å². The fraction of sp³-hybridized carbons (Fsp3) is 0.500. The Morgan fingerprint density at radius 1 is 1.46 bits per heavy atom. The first-order valence-corrected chi connectivity index (χ1v) is 4.29. The molecule has 7 nitrogen and oxygen atoms in total. The van der Waals surface area contributed by atoms with Gasteiger partial charge in [-0.1, -0.05) is 0 Å². The van der Waals surface area contributed by atoms with Gasteiger partial charge >= 0.3 is 38.6 Å². The third kappa shape index (κ3) is 6.81. The Morgan fingerprint density at radius 2 is 1.85 bits per heavy atom. The smallest absolute Gasteiger partial charge is 1.00 e. The quantitative estimate of drug-likeness (QED) is 0.248. The van der Waals surface area contributed by atoms with Gasteiger partial charge in [0, 0.05) is 0 Å². The van der Waals surface area contributed by atoms with E-state index in [0.29, 0.717) is 0 Å². The number of rotatable bonds is 3. The molecular weight excluding hydrogens is 198 g/mol. The molecule has 72 valence electrons. The zero-order chi connectivity index (χ0) is 9.94. The number of hydrogen-bond donors (Lipinski definition) is 3. The van der Waals surface area contributed by atoms with Crippen LogP contribution in [0.4, 0.5) is 0 Å². The molecule has 0 amide bonds. The second-order valence-corrected chi connectivity index (χ2v) is 3.12. The van der Waals surface area contributed by atoms with Gasteiger partial charge in [-0.2, -0.15) is 0 Å². The molecule has 0 spiro atoms. The number of carbonyl (C=O) groups excluding carboxylic acids is 1. The van der Waals surface area contributed by atoms with Gasteiger partial charge in [-0.25, -0.2) is 4.57 Å². The van der Waals surface area contributed by atoms with Crippen LogP contribution in [0.5, 0.6) is 0 Å². The molecule has 0 saturated heterocycles. The van der Waals surface area contributed by atoms with E-state index in [9.17, 15) is 14.2 Å². The van der Waals surface area contributed by atoms with Gasteiger partial charge in [0.25, 0.3) is 0 Å². The van der Waals surface area contributed by atoms with E-state index >= 15 is 0 Å². The van der Waals surface area contributed by atoms with Crippen molar-refractivity contribution in [2.75, 3.05) is 0 Å². The van der Waals surface area contributed by atoms with E-state index in [1.807, 2.05) is 0 Å². The summed E-state index contributed by atoms with van der Waals surface area (Å²) >= 11 is 0. The third-order valence-corrected chi connectivity index (χ3v) is 1.35. The maximum Gasteiger partial charge on any atom is 1.00 e. The zero-order valence-electron chi connectivity index (χ0n) is 8.00. The summed E-state index contributed by atoms with van der Waals surface area (Å²) in [6, 6.07) is 0. The molecule has 9 heteroatoms. The molecule has 0 heterocycles. The van der Waals surface area contributed by atoms with E-state index in [-0.39, 0.29) is 20.3 Å². The van der Waals surface area contributed by atoms with E-state index in [1.54, 1.807) is 0 Å². The minimum absolute atomic E-state index is 0. The molecule has 1 atom stereocenters. The molecule has 0 rings (SSSR count). The Labute approximate surface area is 87.0 Å². The van der Waals surface area contributed by atoms with Crippen LogP contribution in [-0.2, 0) is 18.7 Å². The topological polar surface area (TPSA) is 121 Å². The molecule has 0 aromatic heterocycles. The van der Waals surface area contributed by atoms with Crippen molar-refractivity contribution in [3.05, 3.63) is 0 Å². The summed E-state index contributed by atoms with van der Waals surface area (Å²) in [4.78, 5) is 36.8. The molecule has 0 aromatic carbocycles. The number of carbonyl (C=O) groups is 2. The van der Waals surface area contributed by atoms with Crippen molar-refractivity contribution < 1.29 is 53.9 Å². The molecule has 0 bridgehead atoms. The molecule has 0 aliphatic heterocycles. The van der Waals surface area contributed by atoms with Crippen LogP contribution in [-0.4, -0.2) is 26.8 Å². The van der Waals surface area contributed by atoms with Crippen LogP contribution in [0.3, 0.4) is 0 Å². The molecule has 0 aliphatic carbocycles. The Balaban J connectivity index is -0.000000605. The van der Waals surface area contributed by atoms with Gasteiger partial charge in [0.1, 0.15) is 0 Å². The monoisotopic (exact) mass is 206 g/mol. The fourth-order valence-corrected chi connectivity index (χ4v) is 0.690.